The van der Waals surface area contributed by atoms with Crippen molar-refractivity contribution in [3.8, 4) is 0 Å². The molecule has 0 radical (unpaired) electrons. The summed E-state index contributed by atoms with van der Waals surface area (Å²) in [6, 6.07) is 16.3. The van der Waals surface area contributed by atoms with Crippen LogP contribution in [0, 0.1) is 13.8 Å². The van der Waals surface area contributed by atoms with Gasteiger partial charge in [0, 0.05) is 17.3 Å². The fourth-order valence-electron chi connectivity index (χ4n) is 3.04. The second-order valence-electron chi connectivity index (χ2n) is 7.34. The lowest BCUT2D eigenvalue weighted by atomic mass is 10.1. The highest BCUT2D eigenvalue weighted by molar-refractivity contribution is 7.89. The van der Waals surface area contributed by atoms with Gasteiger partial charge in [-0.3, -0.25) is 4.79 Å². The number of nitrogens with one attached hydrogen (secondary N) is 1. The molecular formula is C23H21Cl3N2O3S. The van der Waals surface area contributed by atoms with Gasteiger partial charge in [-0.25, -0.2) is 8.42 Å². The van der Waals surface area contributed by atoms with Crippen LogP contribution in [-0.4, -0.2) is 25.2 Å². The van der Waals surface area contributed by atoms with Crippen LogP contribution in [0.4, 0.5) is 5.69 Å². The lowest BCUT2D eigenvalue weighted by Crippen LogP contribution is -2.37. The molecule has 1 N–H and O–H groups in total. The number of benzene rings is 3. The maximum atomic E-state index is 13.4. The van der Waals surface area contributed by atoms with Gasteiger partial charge in [0.15, 0.2) is 0 Å². The van der Waals surface area contributed by atoms with Gasteiger partial charge in [-0.1, -0.05) is 53.0 Å². The predicted octanol–water partition coefficient (Wildman–Crippen LogP) is 6.09. The van der Waals surface area contributed by atoms with Crippen molar-refractivity contribution in [1.82, 2.24) is 4.31 Å². The van der Waals surface area contributed by atoms with Gasteiger partial charge in [0.1, 0.15) is 0 Å². The Morgan fingerprint density at radius 1 is 0.906 bits per heavy atom. The third kappa shape index (κ3) is 6.03. The first kappa shape index (κ1) is 24.6. The van der Waals surface area contributed by atoms with Crippen molar-refractivity contribution in [2.75, 3.05) is 11.9 Å². The van der Waals surface area contributed by atoms with Gasteiger partial charge in [-0.2, -0.15) is 4.31 Å². The summed E-state index contributed by atoms with van der Waals surface area (Å²) in [5.41, 5.74) is 3.08. The maximum Gasteiger partial charge on any atom is 0.243 e. The van der Waals surface area contributed by atoms with Crippen LogP contribution in [0.15, 0.2) is 65.6 Å². The van der Waals surface area contributed by atoms with Crippen molar-refractivity contribution in [3.63, 3.8) is 0 Å². The molecule has 0 aliphatic rings. The molecule has 0 atom stereocenters. The molecule has 0 spiro atoms. The molecule has 0 aromatic heterocycles. The number of halogens is 3. The molecule has 0 aliphatic heterocycles. The Morgan fingerprint density at radius 2 is 1.59 bits per heavy atom. The average Bonchev–Trinajstić information content (AvgIpc) is 2.73. The maximum absolute atomic E-state index is 13.4. The van der Waals surface area contributed by atoms with E-state index < -0.39 is 22.5 Å². The third-order valence-electron chi connectivity index (χ3n) is 4.78. The summed E-state index contributed by atoms with van der Waals surface area (Å²) >= 11 is 18.0. The number of sulfonamides is 1. The quantitative estimate of drug-likeness (QED) is 0.417. The predicted molar refractivity (Wildman–Crippen MR) is 130 cm³/mol. The van der Waals surface area contributed by atoms with Crippen LogP contribution in [0.25, 0.3) is 0 Å². The van der Waals surface area contributed by atoms with E-state index in [1.54, 1.807) is 18.2 Å². The SMILES string of the molecule is Cc1ccc(C)c(NC(=O)CN(Cc2ccc(Cl)c(Cl)c2)S(=O)(=O)c2ccc(Cl)cc2)c1. The number of anilines is 1. The van der Waals surface area contributed by atoms with Gasteiger partial charge in [0.05, 0.1) is 21.5 Å². The van der Waals surface area contributed by atoms with Gasteiger partial charge < -0.3 is 5.32 Å². The van der Waals surface area contributed by atoms with Crippen molar-refractivity contribution >= 4 is 56.4 Å². The van der Waals surface area contributed by atoms with Crippen molar-refractivity contribution in [1.29, 1.82) is 0 Å². The van der Waals surface area contributed by atoms with E-state index in [9.17, 15) is 13.2 Å². The first-order valence-electron chi connectivity index (χ1n) is 9.63. The monoisotopic (exact) mass is 510 g/mol. The minimum absolute atomic E-state index is 0.0292. The molecule has 3 rings (SSSR count). The van der Waals surface area contributed by atoms with Crippen LogP contribution in [0.3, 0.4) is 0 Å². The number of hydrogen-bond acceptors (Lipinski definition) is 3. The number of amides is 1. The van der Waals surface area contributed by atoms with E-state index in [0.717, 1.165) is 15.4 Å². The van der Waals surface area contributed by atoms with Crippen molar-refractivity contribution in [2.24, 2.45) is 0 Å². The highest BCUT2D eigenvalue weighted by Crippen LogP contribution is 2.26. The van der Waals surface area contributed by atoms with Gasteiger partial charge in [0.2, 0.25) is 15.9 Å². The molecular weight excluding hydrogens is 491 g/mol. The third-order valence-corrected chi connectivity index (χ3v) is 7.58. The number of rotatable bonds is 7. The van der Waals surface area contributed by atoms with Gasteiger partial charge in [-0.05, 0) is 73.0 Å². The molecule has 0 unspecified atom stereocenters. The second-order valence-corrected chi connectivity index (χ2v) is 10.5. The molecule has 3 aromatic rings. The van der Waals surface area contributed by atoms with E-state index in [4.69, 9.17) is 34.8 Å². The second kappa shape index (κ2) is 10.2. The van der Waals surface area contributed by atoms with Crippen molar-refractivity contribution in [2.45, 2.75) is 25.3 Å². The first-order chi connectivity index (χ1) is 15.1. The molecule has 168 valence electrons. The van der Waals surface area contributed by atoms with Gasteiger partial charge in [-0.15, -0.1) is 0 Å². The largest absolute Gasteiger partial charge is 0.325 e. The minimum atomic E-state index is -4.01. The van der Waals surface area contributed by atoms with Crippen LogP contribution >= 0.6 is 34.8 Å². The summed E-state index contributed by atoms with van der Waals surface area (Å²) in [5, 5.41) is 3.87. The van der Waals surface area contributed by atoms with E-state index >= 15 is 0 Å². The van der Waals surface area contributed by atoms with Crippen molar-refractivity contribution in [3.05, 3.63) is 92.4 Å². The molecule has 5 nitrogen and oxygen atoms in total. The molecule has 9 heteroatoms. The van der Waals surface area contributed by atoms with Gasteiger partial charge in [0.25, 0.3) is 0 Å². The summed E-state index contributed by atoms with van der Waals surface area (Å²) < 4.78 is 27.8. The lowest BCUT2D eigenvalue weighted by molar-refractivity contribution is -0.116. The molecule has 0 aliphatic carbocycles. The summed E-state index contributed by atoms with van der Waals surface area (Å²) in [6.45, 7) is 3.32. The first-order valence-corrected chi connectivity index (χ1v) is 12.2. The summed E-state index contributed by atoms with van der Waals surface area (Å²) in [6.07, 6.45) is 0. The standard InChI is InChI=1S/C23H21Cl3N2O3S/c1-15-3-4-16(2)22(11-15)27-23(29)14-28(13-17-5-10-20(25)21(26)12-17)32(30,31)19-8-6-18(24)7-9-19/h3-12H,13-14H2,1-2H3,(H,27,29). The van der Waals surface area contributed by atoms with E-state index in [1.165, 1.54) is 24.3 Å². The molecule has 0 heterocycles. The molecule has 3 aromatic carbocycles. The van der Waals surface area contributed by atoms with E-state index in [0.29, 0.717) is 26.3 Å². The Morgan fingerprint density at radius 3 is 2.25 bits per heavy atom. The fourth-order valence-corrected chi connectivity index (χ4v) is 4.87. The van der Waals surface area contributed by atoms with Crippen LogP contribution in [0.1, 0.15) is 16.7 Å². The Kier molecular flexibility index (Phi) is 7.85. The summed E-state index contributed by atoms with van der Waals surface area (Å²) in [7, 11) is -4.01. The number of hydrogen-bond donors (Lipinski definition) is 1. The highest BCUT2D eigenvalue weighted by Gasteiger charge is 2.27. The Labute approximate surface area is 203 Å². The zero-order chi connectivity index (χ0) is 23.5. The topological polar surface area (TPSA) is 66.5 Å². The number of nitrogens with zero attached hydrogens (tertiary/aromatic N) is 1. The van der Waals surface area contributed by atoms with Crippen LogP contribution in [0.5, 0.6) is 0 Å². The number of carbonyl (C=O) groups is 1. The van der Waals surface area contributed by atoms with E-state index in [-0.39, 0.29) is 11.4 Å². The lowest BCUT2D eigenvalue weighted by Gasteiger charge is -2.22. The summed E-state index contributed by atoms with van der Waals surface area (Å²) in [4.78, 5) is 12.9. The van der Waals surface area contributed by atoms with Gasteiger partial charge >= 0.3 is 0 Å². The normalized spacial score (nSPS) is 11.6. The molecule has 32 heavy (non-hydrogen) atoms. The van der Waals surface area contributed by atoms with E-state index in [2.05, 4.69) is 5.32 Å². The molecule has 0 saturated heterocycles. The number of aryl methyl sites for hydroxylation is 2. The minimum Gasteiger partial charge on any atom is -0.325 e. The Hall–Kier alpha value is -2.09. The zero-order valence-electron chi connectivity index (χ0n) is 17.4. The Bertz CT molecular complexity index is 1250. The summed E-state index contributed by atoms with van der Waals surface area (Å²) in [5.74, 6) is -0.462. The molecule has 0 fully saturated rings. The van der Waals surface area contributed by atoms with Crippen molar-refractivity contribution < 1.29 is 13.2 Å². The molecule has 1 amide bonds. The highest BCUT2D eigenvalue weighted by atomic mass is 35.5. The zero-order valence-corrected chi connectivity index (χ0v) is 20.5. The fraction of sp³-hybridized carbons (Fsp3) is 0.174. The Balaban J connectivity index is 1.92. The van der Waals surface area contributed by atoms with Crippen LogP contribution < -0.4 is 5.32 Å². The van der Waals surface area contributed by atoms with Crippen LogP contribution in [0.2, 0.25) is 15.1 Å². The molecule has 0 saturated carbocycles. The molecule has 0 bridgehead atoms. The smallest absolute Gasteiger partial charge is 0.243 e. The van der Waals surface area contributed by atoms with E-state index in [1.807, 2.05) is 32.0 Å². The number of carbonyl (C=O) groups excluding carboxylic acids is 1. The average molecular weight is 512 g/mol. The van der Waals surface area contributed by atoms with Crippen LogP contribution in [-0.2, 0) is 21.4 Å².